The zero-order valence-corrected chi connectivity index (χ0v) is 11.9. The van der Waals surface area contributed by atoms with Crippen LogP contribution in [0.3, 0.4) is 0 Å². The lowest BCUT2D eigenvalue weighted by molar-refractivity contribution is 0.248. The van der Waals surface area contributed by atoms with Crippen molar-refractivity contribution in [3.05, 3.63) is 65.2 Å². The van der Waals surface area contributed by atoms with E-state index in [0.29, 0.717) is 12.1 Å². The maximum absolute atomic E-state index is 13.8. The first-order valence-corrected chi connectivity index (χ1v) is 6.70. The third kappa shape index (κ3) is 3.40. The van der Waals surface area contributed by atoms with Crippen molar-refractivity contribution in [1.29, 1.82) is 0 Å². The van der Waals surface area contributed by atoms with Crippen LogP contribution in [0.1, 0.15) is 29.8 Å². The second-order valence-corrected chi connectivity index (χ2v) is 4.97. The average molecular weight is 273 g/mol. The molecule has 2 rings (SSSR count). The van der Waals surface area contributed by atoms with Gasteiger partial charge in [0.15, 0.2) is 0 Å². The number of pyridine rings is 1. The lowest BCUT2D eigenvalue weighted by Gasteiger charge is -2.25. The molecule has 2 N–H and O–H groups in total. The van der Waals surface area contributed by atoms with Crippen LogP contribution in [-0.2, 0) is 13.1 Å². The summed E-state index contributed by atoms with van der Waals surface area (Å²) in [4.78, 5) is 6.28. The largest absolute Gasteiger partial charge is 0.325 e. The summed E-state index contributed by atoms with van der Waals surface area (Å²) in [6.07, 6.45) is 1.76. The first-order valence-electron chi connectivity index (χ1n) is 6.70. The van der Waals surface area contributed by atoms with E-state index in [1.807, 2.05) is 38.2 Å². The Morgan fingerprint density at radius 2 is 2.05 bits per heavy atom. The van der Waals surface area contributed by atoms with Crippen molar-refractivity contribution >= 4 is 0 Å². The van der Waals surface area contributed by atoms with E-state index in [1.54, 1.807) is 12.3 Å². The third-order valence-corrected chi connectivity index (χ3v) is 3.54. The predicted octanol–water partition coefficient (Wildman–Crippen LogP) is 2.87. The topological polar surface area (TPSA) is 42.2 Å². The Labute approximate surface area is 119 Å². The van der Waals surface area contributed by atoms with Crippen molar-refractivity contribution in [3.63, 3.8) is 0 Å². The monoisotopic (exact) mass is 273 g/mol. The van der Waals surface area contributed by atoms with E-state index in [1.165, 1.54) is 6.07 Å². The number of benzene rings is 1. The third-order valence-electron chi connectivity index (χ3n) is 3.54. The molecule has 3 nitrogen and oxygen atoms in total. The van der Waals surface area contributed by atoms with Crippen LogP contribution in [0.5, 0.6) is 0 Å². The van der Waals surface area contributed by atoms with Gasteiger partial charge in [0.2, 0.25) is 0 Å². The van der Waals surface area contributed by atoms with E-state index < -0.39 is 0 Å². The zero-order valence-electron chi connectivity index (χ0n) is 11.9. The number of hydrogen-bond acceptors (Lipinski definition) is 3. The molecule has 20 heavy (non-hydrogen) atoms. The molecule has 0 spiro atoms. The fourth-order valence-corrected chi connectivity index (χ4v) is 2.21. The second-order valence-electron chi connectivity index (χ2n) is 4.97. The number of aromatic nitrogens is 1. The summed E-state index contributed by atoms with van der Waals surface area (Å²) in [5.41, 5.74) is 8.31. The molecule has 0 aliphatic heterocycles. The van der Waals surface area contributed by atoms with E-state index in [0.717, 1.165) is 17.8 Å². The van der Waals surface area contributed by atoms with Gasteiger partial charge in [-0.05, 0) is 37.7 Å². The minimum absolute atomic E-state index is 0.00527. The summed E-state index contributed by atoms with van der Waals surface area (Å²) in [6.45, 7) is 3.16. The van der Waals surface area contributed by atoms with Gasteiger partial charge in [0.1, 0.15) is 5.82 Å². The van der Waals surface area contributed by atoms with Gasteiger partial charge in [0, 0.05) is 30.9 Å². The molecule has 0 aliphatic rings. The highest BCUT2D eigenvalue weighted by Crippen LogP contribution is 2.23. The van der Waals surface area contributed by atoms with E-state index >= 15 is 0 Å². The average Bonchev–Trinajstić information content (AvgIpc) is 2.47. The van der Waals surface area contributed by atoms with Crippen molar-refractivity contribution in [1.82, 2.24) is 9.88 Å². The summed E-state index contributed by atoms with van der Waals surface area (Å²) in [7, 11) is 1.99. The summed E-state index contributed by atoms with van der Waals surface area (Å²) in [5, 5.41) is 0. The normalized spacial score (nSPS) is 12.7. The lowest BCUT2D eigenvalue weighted by atomic mass is 10.1. The Hall–Kier alpha value is -1.78. The standard InChI is InChI=1S/C16H20FN3/c1-12(15-5-3-4-6-16(15)17)20(2)11-13-7-8-19-14(9-13)10-18/h3-9,12H,10-11,18H2,1-2H3. The van der Waals surface area contributed by atoms with Crippen LogP contribution in [0.2, 0.25) is 0 Å². The van der Waals surface area contributed by atoms with Crippen LogP contribution in [0, 0.1) is 5.82 Å². The molecule has 0 aliphatic carbocycles. The van der Waals surface area contributed by atoms with E-state index in [9.17, 15) is 4.39 Å². The highest BCUT2D eigenvalue weighted by Gasteiger charge is 2.15. The van der Waals surface area contributed by atoms with Crippen LogP contribution >= 0.6 is 0 Å². The van der Waals surface area contributed by atoms with Gasteiger partial charge in [-0.1, -0.05) is 18.2 Å². The summed E-state index contributed by atoms with van der Waals surface area (Å²) >= 11 is 0. The van der Waals surface area contributed by atoms with E-state index in [4.69, 9.17) is 5.73 Å². The summed E-state index contributed by atoms with van der Waals surface area (Å²) in [5.74, 6) is -0.163. The number of halogens is 1. The molecular formula is C16H20FN3. The van der Waals surface area contributed by atoms with Gasteiger partial charge in [-0.15, -0.1) is 0 Å². The van der Waals surface area contributed by atoms with Gasteiger partial charge in [-0.2, -0.15) is 0 Å². The fraction of sp³-hybridized carbons (Fsp3) is 0.312. The molecule has 1 aromatic heterocycles. The Bertz CT molecular complexity index is 571. The van der Waals surface area contributed by atoms with Crippen LogP contribution in [0.15, 0.2) is 42.6 Å². The van der Waals surface area contributed by atoms with Crippen LogP contribution < -0.4 is 5.73 Å². The fourth-order valence-electron chi connectivity index (χ4n) is 2.21. The van der Waals surface area contributed by atoms with E-state index in [-0.39, 0.29) is 11.9 Å². The summed E-state index contributed by atoms with van der Waals surface area (Å²) in [6, 6.07) is 10.9. The van der Waals surface area contributed by atoms with Crippen molar-refractivity contribution in [2.45, 2.75) is 26.1 Å². The van der Waals surface area contributed by atoms with Gasteiger partial charge < -0.3 is 5.73 Å². The molecule has 0 fully saturated rings. The Morgan fingerprint density at radius 1 is 1.30 bits per heavy atom. The molecule has 106 valence electrons. The zero-order chi connectivity index (χ0) is 14.5. The molecule has 1 atom stereocenters. The number of nitrogens with zero attached hydrogens (tertiary/aromatic N) is 2. The maximum atomic E-state index is 13.8. The number of rotatable bonds is 5. The highest BCUT2D eigenvalue weighted by atomic mass is 19.1. The van der Waals surface area contributed by atoms with Crippen molar-refractivity contribution in [3.8, 4) is 0 Å². The van der Waals surface area contributed by atoms with Crippen LogP contribution in [-0.4, -0.2) is 16.9 Å². The quantitative estimate of drug-likeness (QED) is 0.911. The molecule has 1 aromatic carbocycles. The van der Waals surface area contributed by atoms with E-state index in [2.05, 4.69) is 9.88 Å². The molecule has 0 radical (unpaired) electrons. The smallest absolute Gasteiger partial charge is 0.127 e. The first-order chi connectivity index (χ1) is 9.61. The minimum atomic E-state index is -0.163. The molecule has 0 saturated carbocycles. The number of nitrogens with two attached hydrogens (primary N) is 1. The summed E-state index contributed by atoms with van der Waals surface area (Å²) < 4.78 is 13.8. The Morgan fingerprint density at radius 3 is 2.75 bits per heavy atom. The molecule has 4 heteroatoms. The van der Waals surface area contributed by atoms with Gasteiger partial charge in [0.05, 0.1) is 5.69 Å². The first kappa shape index (κ1) is 14.6. The molecule has 0 bridgehead atoms. The highest BCUT2D eigenvalue weighted by molar-refractivity contribution is 5.21. The van der Waals surface area contributed by atoms with Gasteiger partial charge in [-0.3, -0.25) is 9.88 Å². The van der Waals surface area contributed by atoms with Crippen molar-refractivity contribution in [2.24, 2.45) is 5.73 Å². The maximum Gasteiger partial charge on any atom is 0.127 e. The second kappa shape index (κ2) is 6.59. The Kier molecular flexibility index (Phi) is 4.82. The predicted molar refractivity (Wildman–Crippen MR) is 78.4 cm³/mol. The molecule has 1 unspecified atom stereocenters. The van der Waals surface area contributed by atoms with Gasteiger partial charge in [-0.25, -0.2) is 4.39 Å². The number of hydrogen-bond donors (Lipinski definition) is 1. The van der Waals surface area contributed by atoms with Crippen LogP contribution in [0.4, 0.5) is 4.39 Å². The van der Waals surface area contributed by atoms with Crippen molar-refractivity contribution < 1.29 is 4.39 Å². The van der Waals surface area contributed by atoms with Gasteiger partial charge >= 0.3 is 0 Å². The minimum Gasteiger partial charge on any atom is -0.325 e. The molecule has 2 aromatic rings. The Balaban J connectivity index is 2.11. The molecule has 0 amide bonds. The lowest BCUT2D eigenvalue weighted by Crippen LogP contribution is -2.23. The SMILES string of the molecule is CC(c1ccccc1F)N(C)Cc1ccnc(CN)c1. The molecular weight excluding hydrogens is 253 g/mol. The molecule has 1 heterocycles. The van der Waals surface area contributed by atoms with Crippen LogP contribution in [0.25, 0.3) is 0 Å². The molecule has 0 saturated heterocycles. The van der Waals surface area contributed by atoms with Crippen molar-refractivity contribution in [2.75, 3.05) is 7.05 Å². The van der Waals surface area contributed by atoms with Gasteiger partial charge in [0.25, 0.3) is 0 Å².